The summed E-state index contributed by atoms with van der Waals surface area (Å²) in [5.41, 5.74) is 0.165. The first-order valence-electron chi connectivity index (χ1n) is 5.35. The lowest BCUT2D eigenvalue weighted by molar-refractivity contribution is -0.134. The zero-order valence-electron chi connectivity index (χ0n) is 9.50. The third-order valence-corrected chi connectivity index (χ3v) is 3.33. The predicted octanol–water partition coefficient (Wildman–Crippen LogP) is 3.75. The SMILES string of the molecule is Oc1nc2ccc(I)cc2c(O)c1CCC(F)(F)F. The summed E-state index contributed by atoms with van der Waals surface area (Å²) in [6.45, 7) is 0. The summed E-state index contributed by atoms with van der Waals surface area (Å²) in [4.78, 5) is 3.80. The molecular formula is C12H9F3INO2. The minimum Gasteiger partial charge on any atom is -0.507 e. The lowest BCUT2D eigenvalue weighted by Gasteiger charge is -2.11. The Kier molecular flexibility index (Phi) is 3.75. The highest BCUT2D eigenvalue weighted by Crippen LogP contribution is 2.36. The zero-order valence-corrected chi connectivity index (χ0v) is 11.7. The molecule has 7 heteroatoms. The third-order valence-electron chi connectivity index (χ3n) is 2.65. The molecule has 1 aromatic carbocycles. The van der Waals surface area contributed by atoms with Crippen molar-refractivity contribution >= 4 is 33.5 Å². The third kappa shape index (κ3) is 3.20. The predicted molar refractivity (Wildman–Crippen MR) is 72.2 cm³/mol. The molecular weight excluding hydrogens is 374 g/mol. The van der Waals surface area contributed by atoms with Crippen molar-refractivity contribution in [2.45, 2.75) is 19.0 Å². The minimum absolute atomic E-state index is 0.174. The van der Waals surface area contributed by atoms with Crippen LogP contribution in [-0.2, 0) is 6.42 Å². The Morgan fingerprint density at radius 1 is 1.21 bits per heavy atom. The van der Waals surface area contributed by atoms with E-state index in [0.29, 0.717) is 10.9 Å². The van der Waals surface area contributed by atoms with Crippen LogP contribution in [0.15, 0.2) is 18.2 Å². The van der Waals surface area contributed by atoms with Crippen molar-refractivity contribution in [2.24, 2.45) is 0 Å². The van der Waals surface area contributed by atoms with Crippen molar-refractivity contribution < 1.29 is 23.4 Å². The van der Waals surface area contributed by atoms with E-state index in [-0.39, 0.29) is 11.3 Å². The maximum absolute atomic E-state index is 12.2. The van der Waals surface area contributed by atoms with Gasteiger partial charge in [-0.3, -0.25) is 0 Å². The molecule has 1 aromatic heterocycles. The van der Waals surface area contributed by atoms with Gasteiger partial charge in [0.25, 0.3) is 0 Å². The van der Waals surface area contributed by atoms with Crippen molar-refractivity contribution in [1.29, 1.82) is 0 Å². The highest BCUT2D eigenvalue weighted by Gasteiger charge is 2.28. The Morgan fingerprint density at radius 2 is 1.89 bits per heavy atom. The van der Waals surface area contributed by atoms with Crippen molar-refractivity contribution in [3.05, 3.63) is 27.3 Å². The van der Waals surface area contributed by atoms with Gasteiger partial charge in [0.1, 0.15) is 5.75 Å². The molecule has 0 aliphatic heterocycles. The van der Waals surface area contributed by atoms with Gasteiger partial charge in [-0.05, 0) is 47.2 Å². The Hall–Kier alpha value is -1.25. The second-order valence-corrected chi connectivity index (χ2v) is 5.28. The molecule has 0 amide bonds. The topological polar surface area (TPSA) is 53.4 Å². The lowest BCUT2D eigenvalue weighted by Crippen LogP contribution is -2.09. The number of hydrogen-bond donors (Lipinski definition) is 2. The van der Waals surface area contributed by atoms with Crippen LogP contribution < -0.4 is 0 Å². The van der Waals surface area contributed by atoms with Gasteiger partial charge >= 0.3 is 6.18 Å². The van der Waals surface area contributed by atoms with Gasteiger partial charge in [0, 0.05) is 15.4 Å². The number of rotatable bonds is 2. The van der Waals surface area contributed by atoms with Gasteiger partial charge in [-0.15, -0.1) is 0 Å². The van der Waals surface area contributed by atoms with E-state index in [9.17, 15) is 23.4 Å². The van der Waals surface area contributed by atoms with Crippen molar-refractivity contribution in [3.63, 3.8) is 0 Å². The number of alkyl halides is 3. The fourth-order valence-corrected chi connectivity index (χ4v) is 2.23. The van der Waals surface area contributed by atoms with Gasteiger partial charge in [-0.2, -0.15) is 13.2 Å². The fraction of sp³-hybridized carbons (Fsp3) is 0.250. The Balaban J connectivity index is 2.49. The maximum atomic E-state index is 12.2. The van der Waals surface area contributed by atoms with E-state index >= 15 is 0 Å². The van der Waals surface area contributed by atoms with Crippen LogP contribution in [0, 0.1) is 3.57 Å². The second kappa shape index (κ2) is 5.03. The molecule has 102 valence electrons. The summed E-state index contributed by atoms with van der Waals surface area (Å²) in [6, 6.07) is 4.92. The number of aromatic nitrogens is 1. The molecule has 0 aliphatic rings. The smallest absolute Gasteiger partial charge is 0.389 e. The average molecular weight is 383 g/mol. The van der Waals surface area contributed by atoms with Gasteiger partial charge in [0.15, 0.2) is 0 Å². The van der Waals surface area contributed by atoms with E-state index < -0.39 is 24.9 Å². The molecule has 0 aliphatic carbocycles. The summed E-state index contributed by atoms with van der Waals surface area (Å²) < 4.78 is 37.4. The van der Waals surface area contributed by atoms with E-state index in [2.05, 4.69) is 4.98 Å². The molecule has 1 heterocycles. The Morgan fingerprint density at radius 3 is 2.53 bits per heavy atom. The van der Waals surface area contributed by atoms with E-state index in [1.165, 1.54) is 0 Å². The van der Waals surface area contributed by atoms with Crippen LogP contribution in [-0.4, -0.2) is 21.4 Å². The summed E-state index contributed by atoms with van der Waals surface area (Å²) in [5.74, 6) is -0.902. The van der Waals surface area contributed by atoms with Crippen LogP contribution in [0.5, 0.6) is 11.6 Å². The van der Waals surface area contributed by atoms with Gasteiger partial charge < -0.3 is 10.2 Å². The largest absolute Gasteiger partial charge is 0.507 e. The number of benzene rings is 1. The van der Waals surface area contributed by atoms with Crippen LogP contribution in [0.4, 0.5) is 13.2 Å². The van der Waals surface area contributed by atoms with Crippen LogP contribution in [0.25, 0.3) is 10.9 Å². The summed E-state index contributed by atoms with van der Waals surface area (Å²) in [5, 5.41) is 19.9. The number of pyridine rings is 1. The van der Waals surface area contributed by atoms with Gasteiger partial charge in [-0.25, -0.2) is 4.98 Å². The van der Waals surface area contributed by atoms with E-state index in [4.69, 9.17) is 0 Å². The molecule has 0 radical (unpaired) electrons. The highest BCUT2D eigenvalue weighted by atomic mass is 127. The first-order chi connectivity index (χ1) is 8.78. The first kappa shape index (κ1) is 14.2. The monoisotopic (exact) mass is 383 g/mol. The summed E-state index contributed by atoms with van der Waals surface area (Å²) >= 11 is 2.02. The van der Waals surface area contributed by atoms with Crippen LogP contribution in [0.3, 0.4) is 0 Å². The molecule has 0 unspecified atom stereocenters. The Bertz CT molecular complexity index is 628. The van der Waals surface area contributed by atoms with Gasteiger partial charge in [0.2, 0.25) is 5.88 Å². The number of fused-ring (bicyclic) bond motifs is 1. The fourth-order valence-electron chi connectivity index (χ4n) is 1.74. The normalized spacial score (nSPS) is 12.0. The summed E-state index contributed by atoms with van der Waals surface area (Å²) in [7, 11) is 0. The van der Waals surface area contributed by atoms with Crippen LogP contribution in [0.1, 0.15) is 12.0 Å². The van der Waals surface area contributed by atoms with E-state index in [1.54, 1.807) is 18.2 Å². The number of nitrogens with zero attached hydrogens (tertiary/aromatic N) is 1. The number of aromatic hydroxyl groups is 2. The molecule has 19 heavy (non-hydrogen) atoms. The molecule has 2 aromatic rings. The van der Waals surface area contributed by atoms with Gasteiger partial charge in [-0.1, -0.05) is 0 Å². The molecule has 0 bridgehead atoms. The van der Waals surface area contributed by atoms with Crippen molar-refractivity contribution in [1.82, 2.24) is 4.98 Å². The van der Waals surface area contributed by atoms with E-state index in [0.717, 1.165) is 3.57 Å². The number of hydrogen-bond acceptors (Lipinski definition) is 3. The zero-order chi connectivity index (χ0) is 14.2. The molecule has 0 spiro atoms. The molecule has 3 nitrogen and oxygen atoms in total. The molecule has 0 saturated heterocycles. The van der Waals surface area contributed by atoms with Crippen molar-refractivity contribution in [2.75, 3.05) is 0 Å². The minimum atomic E-state index is -4.35. The van der Waals surface area contributed by atoms with Crippen LogP contribution >= 0.6 is 22.6 Å². The molecule has 2 N–H and O–H groups in total. The van der Waals surface area contributed by atoms with Crippen LogP contribution in [0.2, 0.25) is 0 Å². The summed E-state index contributed by atoms with van der Waals surface area (Å²) in [6.07, 6.45) is -5.97. The lowest BCUT2D eigenvalue weighted by atomic mass is 10.1. The molecule has 0 atom stereocenters. The second-order valence-electron chi connectivity index (χ2n) is 4.04. The highest BCUT2D eigenvalue weighted by molar-refractivity contribution is 14.1. The molecule has 0 saturated carbocycles. The number of halogens is 4. The first-order valence-corrected chi connectivity index (χ1v) is 6.42. The van der Waals surface area contributed by atoms with E-state index in [1.807, 2.05) is 22.6 Å². The average Bonchev–Trinajstić information content (AvgIpc) is 2.28. The standard InChI is InChI=1S/C12H9F3INO2/c13-12(14,15)4-3-7-10(18)8-5-6(16)1-2-9(8)17-11(7)19/h1-2,5H,3-4H2,(H2,17,18,19). The maximum Gasteiger partial charge on any atom is 0.389 e. The quantitative estimate of drug-likeness (QED) is 0.777. The molecule has 0 fully saturated rings. The van der Waals surface area contributed by atoms with Gasteiger partial charge in [0.05, 0.1) is 11.1 Å². The Labute approximate surface area is 120 Å². The van der Waals surface area contributed by atoms with Crippen molar-refractivity contribution in [3.8, 4) is 11.6 Å². The molecule has 2 rings (SSSR count).